The number of carbonyl (C=O) groups excluding carboxylic acids is 1. The van der Waals surface area contributed by atoms with Crippen LogP contribution in [-0.2, 0) is 27.3 Å². The van der Waals surface area contributed by atoms with E-state index in [2.05, 4.69) is 4.72 Å². The van der Waals surface area contributed by atoms with Crippen molar-refractivity contribution in [1.82, 2.24) is 9.62 Å². The van der Waals surface area contributed by atoms with E-state index in [0.29, 0.717) is 25.9 Å². The minimum absolute atomic E-state index is 0.00614. The summed E-state index contributed by atoms with van der Waals surface area (Å²) in [5.41, 5.74) is 0.130. The van der Waals surface area contributed by atoms with Crippen LogP contribution in [0.1, 0.15) is 24.8 Å². The minimum Gasteiger partial charge on any atom is -0.598 e. The maximum Gasteiger partial charge on any atom is 0.286 e. The van der Waals surface area contributed by atoms with Gasteiger partial charge in [-0.15, -0.1) is 4.72 Å². The molecule has 2 aliphatic heterocycles. The van der Waals surface area contributed by atoms with E-state index >= 15 is 13.2 Å². The summed E-state index contributed by atoms with van der Waals surface area (Å²) in [6, 6.07) is 7.34. The van der Waals surface area contributed by atoms with Crippen molar-refractivity contribution in [2.75, 3.05) is 13.2 Å². The van der Waals surface area contributed by atoms with Gasteiger partial charge in [-0.1, -0.05) is 36.4 Å². The van der Waals surface area contributed by atoms with Gasteiger partial charge in [0.15, 0.2) is 0 Å². The highest BCUT2D eigenvalue weighted by Crippen LogP contribution is 2.39. The first-order valence-corrected chi connectivity index (χ1v) is 12.5. The van der Waals surface area contributed by atoms with Crippen LogP contribution >= 0.6 is 0 Å². The van der Waals surface area contributed by atoms with E-state index in [9.17, 15) is 13.7 Å². The predicted octanol–water partition coefficient (Wildman–Crippen LogP) is 3.59. The topological polar surface area (TPSA) is 64.6 Å². The van der Waals surface area contributed by atoms with E-state index < -0.39 is 59.6 Å². The van der Waals surface area contributed by atoms with E-state index in [4.69, 9.17) is 4.74 Å². The summed E-state index contributed by atoms with van der Waals surface area (Å²) in [4.78, 5) is 14.0. The van der Waals surface area contributed by atoms with Crippen molar-refractivity contribution in [1.29, 1.82) is 0 Å². The fraction of sp³-hybridized carbons (Fsp3) is 0.458. The zero-order valence-electron chi connectivity index (χ0n) is 18.2. The van der Waals surface area contributed by atoms with Gasteiger partial charge in [-0.25, -0.2) is 17.6 Å². The Morgan fingerprint density at radius 2 is 1.82 bits per heavy atom. The van der Waals surface area contributed by atoms with Crippen LogP contribution in [0.25, 0.3) is 11.1 Å². The number of nitrogens with one attached hydrogen (secondary N) is 1. The summed E-state index contributed by atoms with van der Waals surface area (Å²) in [5, 5.41) is -0.197. The second-order valence-electron chi connectivity index (χ2n) is 9.00. The number of halogens is 4. The molecule has 2 aromatic rings. The number of hydrogen-bond donors (Lipinski definition) is 1. The van der Waals surface area contributed by atoms with Crippen LogP contribution in [0.4, 0.5) is 17.6 Å². The lowest BCUT2D eigenvalue weighted by Gasteiger charge is -2.34. The van der Waals surface area contributed by atoms with Crippen molar-refractivity contribution in [2.24, 2.45) is 0 Å². The largest absolute Gasteiger partial charge is 0.598 e. The molecule has 1 amide bonds. The van der Waals surface area contributed by atoms with E-state index in [1.54, 1.807) is 6.07 Å². The number of alkyl halides is 2. The first kappa shape index (κ1) is 23.6. The van der Waals surface area contributed by atoms with E-state index in [1.165, 1.54) is 36.4 Å². The van der Waals surface area contributed by atoms with Crippen molar-refractivity contribution < 1.29 is 31.6 Å². The van der Waals surface area contributed by atoms with Crippen molar-refractivity contribution >= 4 is 17.3 Å². The average molecular weight is 497 g/mol. The zero-order valence-corrected chi connectivity index (χ0v) is 19.0. The van der Waals surface area contributed by atoms with Gasteiger partial charge < -0.3 is 14.2 Å². The number of nitrogens with zero attached hydrogens (tertiary/aromatic N) is 1. The highest BCUT2D eigenvalue weighted by molar-refractivity contribution is 7.90. The predicted molar refractivity (Wildman–Crippen MR) is 118 cm³/mol. The molecule has 5 nitrogen and oxygen atoms in total. The molecule has 5 rings (SSSR count). The molecule has 0 bridgehead atoms. The first-order valence-electron chi connectivity index (χ1n) is 11.2. The Balaban J connectivity index is 1.48. The second kappa shape index (κ2) is 9.14. The van der Waals surface area contributed by atoms with Gasteiger partial charge >= 0.3 is 0 Å². The smallest absolute Gasteiger partial charge is 0.286 e. The third-order valence-corrected chi connectivity index (χ3v) is 8.18. The summed E-state index contributed by atoms with van der Waals surface area (Å²) < 4.78 is 80.3. The van der Waals surface area contributed by atoms with Crippen LogP contribution in [0.15, 0.2) is 42.5 Å². The fourth-order valence-electron chi connectivity index (χ4n) is 4.51. The minimum atomic E-state index is -3.37. The quantitative estimate of drug-likeness (QED) is 0.470. The molecule has 2 heterocycles. The second-order valence-corrected chi connectivity index (χ2v) is 10.5. The molecule has 0 radical (unpaired) electrons. The molecule has 3 aliphatic rings. The van der Waals surface area contributed by atoms with Crippen LogP contribution in [0, 0.1) is 11.6 Å². The maximum absolute atomic E-state index is 15.5. The molecule has 4 atom stereocenters. The number of benzene rings is 2. The van der Waals surface area contributed by atoms with Gasteiger partial charge in [0.05, 0.1) is 19.2 Å². The highest BCUT2D eigenvalue weighted by Gasteiger charge is 2.59. The molecular formula is C24H24F4N2O3S. The normalized spacial score (nSPS) is 26.9. The lowest BCUT2D eigenvalue weighted by atomic mass is 9.95. The Morgan fingerprint density at radius 1 is 1.12 bits per heavy atom. The van der Waals surface area contributed by atoms with Gasteiger partial charge in [-0.3, -0.25) is 4.79 Å². The number of carbonyl (C=O) groups is 1. The van der Waals surface area contributed by atoms with Crippen LogP contribution in [0.5, 0.6) is 0 Å². The third kappa shape index (κ3) is 4.44. The van der Waals surface area contributed by atoms with Crippen LogP contribution in [-0.4, -0.2) is 57.9 Å². The molecule has 34 heavy (non-hydrogen) atoms. The fourth-order valence-corrected chi connectivity index (χ4v) is 5.84. The molecule has 182 valence electrons. The van der Waals surface area contributed by atoms with Crippen molar-refractivity contribution in [3.05, 3.63) is 59.7 Å². The summed E-state index contributed by atoms with van der Waals surface area (Å²) in [5.74, 6) is -5.29. The molecule has 0 spiro atoms. The highest BCUT2D eigenvalue weighted by atomic mass is 32.2. The molecule has 3 fully saturated rings. The van der Waals surface area contributed by atoms with Gasteiger partial charge in [-0.05, 0) is 18.1 Å². The van der Waals surface area contributed by atoms with Gasteiger partial charge in [0.2, 0.25) is 0 Å². The molecule has 1 N–H and O–H groups in total. The maximum atomic E-state index is 15.5. The Bertz CT molecular complexity index is 1080. The van der Waals surface area contributed by atoms with Crippen LogP contribution in [0.2, 0.25) is 0 Å². The van der Waals surface area contributed by atoms with Gasteiger partial charge in [0.25, 0.3) is 11.8 Å². The average Bonchev–Trinajstić information content (AvgIpc) is 3.57. The molecule has 2 unspecified atom stereocenters. The van der Waals surface area contributed by atoms with Crippen molar-refractivity contribution in [3.63, 3.8) is 0 Å². The summed E-state index contributed by atoms with van der Waals surface area (Å²) in [6.45, 7) is -0.498. The lowest BCUT2D eigenvalue weighted by Crippen LogP contribution is -2.54. The van der Waals surface area contributed by atoms with E-state index in [0.717, 1.165) is 4.90 Å². The van der Waals surface area contributed by atoms with Gasteiger partial charge in [0.1, 0.15) is 29.0 Å². The summed E-state index contributed by atoms with van der Waals surface area (Å²) >= 11 is -1.69. The number of ether oxygens (including phenoxy) is 1. The number of rotatable bonds is 7. The standard InChI is InChI=1S/C24H24F4N2O3S/c25-18-7-2-1-5-16(18)17-6-3-4-14(21(17)26)12-19-22(29-34(32)15-8-9-15)24(27,28)13-30(19)23(31)20-10-11-33-20/h1-7,15,19-20,22,29H,8-13H2/t19-,20?,22+,34?/m0/s1. The first-order chi connectivity index (χ1) is 16.3. The van der Waals surface area contributed by atoms with Crippen LogP contribution in [0.3, 0.4) is 0 Å². The number of hydrogen-bond acceptors (Lipinski definition) is 4. The molecule has 2 aromatic carbocycles. The van der Waals surface area contributed by atoms with E-state index in [-0.39, 0.29) is 28.4 Å². The van der Waals surface area contributed by atoms with Gasteiger partial charge in [-0.2, -0.15) is 0 Å². The van der Waals surface area contributed by atoms with Crippen LogP contribution < -0.4 is 4.72 Å². The molecule has 2 saturated heterocycles. The summed E-state index contributed by atoms with van der Waals surface area (Å²) in [7, 11) is 0. The monoisotopic (exact) mass is 496 g/mol. The Kier molecular flexibility index (Phi) is 6.34. The van der Waals surface area contributed by atoms with Crippen molar-refractivity contribution in [3.8, 4) is 11.1 Å². The Labute approximate surface area is 197 Å². The zero-order chi connectivity index (χ0) is 24.0. The molecule has 10 heteroatoms. The lowest BCUT2D eigenvalue weighted by molar-refractivity contribution is -0.158. The molecular weight excluding hydrogens is 472 g/mol. The molecule has 1 saturated carbocycles. The van der Waals surface area contributed by atoms with E-state index in [1.807, 2.05) is 0 Å². The Hall–Kier alpha value is -2.14. The summed E-state index contributed by atoms with van der Waals surface area (Å²) in [6.07, 6.45) is 0.736. The van der Waals surface area contributed by atoms with Gasteiger partial charge in [0, 0.05) is 41.8 Å². The molecule has 0 aromatic heterocycles. The van der Waals surface area contributed by atoms with Crippen molar-refractivity contribution in [2.45, 2.75) is 55.0 Å². The SMILES string of the molecule is O=C(C1CCO1)N1CC(F)(F)[C@H](N[S+]([O-])C2CC2)[C@@H]1Cc1cccc(-c2ccccc2F)c1F. The molecule has 1 aliphatic carbocycles. The third-order valence-electron chi connectivity index (χ3n) is 6.62. The Morgan fingerprint density at radius 3 is 2.47 bits per heavy atom. The number of likely N-dealkylation sites (tertiary alicyclic amines) is 1. The number of amides is 1.